The summed E-state index contributed by atoms with van der Waals surface area (Å²) >= 11 is 1.44. The van der Waals surface area contributed by atoms with E-state index < -0.39 is 0 Å². The van der Waals surface area contributed by atoms with Crippen LogP contribution in [0.15, 0.2) is 17.6 Å². The zero-order valence-corrected chi connectivity index (χ0v) is 9.31. The van der Waals surface area contributed by atoms with Crippen LogP contribution in [-0.4, -0.2) is 16.1 Å². The van der Waals surface area contributed by atoms with Gasteiger partial charge >= 0.3 is 0 Å². The first-order valence-electron chi connectivity index (χ1n) is 4.54. The molecule has 0 aromatic carbocycles. The third kappa shape index (κ3) is 1.92. The van der Waals surface area contributed by atoms with Gasteiger partial charge in [0, 0.05) is 5.56 Å². The number of anilines is 1. The minimum atomic E-state index is -0.0881. The van der Waals surface area contributed by atoms with Gasteiger partial charge in [-0.3, -0.25) is 9.89 Å². The van der Waals surface area contributed by atoms with E-state index in [9.17, 15) is 4.79 Å². The molecule has 0 saturated heterocycles. The Morgan fingerprint density at radius 2 is 2.27 bits per heavy atom. The molecule has 2 rings (SSSR count). The molecular weight excluding hydrogens is 210 g/mol. The summed E-state index contributed by atoms with van der Waals surface area (Å²) in [5.41, 5.74) is 1.92. The quantitative estimate of drug-likeness (QED) is 0.817. The van der Waals surface area contributed by atoms with Gasteiger partial charge in [0.1, 0.15) is 5.82 Å². The van der Waals surface area contributed by atoms with Crippen molar-refractivity contribution in [1.82, 2.24) is 10.2 Å². The van der Waals surface area contributed by atoms with Crippen LogP contribution in [0.4, 0.5) is 5.82 Å². The molecule has 78 valence electrons. The molecule has 2 aromatic rings. The van der Waals surface area contributed by atoms with Crippen molar-refractivity contribution in [2.24, 2.45) is 0 Å². The fourth-order valence-electron chi connectivity index (χ4n) is 1.25. The maximum absolute atomic E-state index is 11.8. The molecular formula is C10H11N3OS. The Bertz CT molecular complexity index is 486. The molecule has 15 heavy (non-hydrogen) atoms. The smallest absolute Gasteiger partial charge is 0.267 e. The summed E-state index contributed by atoms with van der Waals surface area (Å²) in [5.74, 6) is 0.572. The Morgan fingerprint density at radius 1 is 1.47 bits per heavy atom. The number of carbonyl (C=O) groups excluding carboxylic acids is 1. The molecule has 0 unspecified atom stereocenters. The van der Waals surface area contributed by atoms with Crippen molar-refractivity contribution in [3.05, 3.63) is 33.6 Å². The van der Waals surface area contributed by atoms with Gasteiger partial charge in [0.25, 0.3) is 5.91 Å². The van der Waals surface area contributed by atoms with Crippen LogP contribution in [-0.2, 0) is 0 Å². The average Bonchev–Trinajstić information content (AvgIpc) is 2.76. The van der Waals surface area contributed by atoms with Gasteiger partial charge in [-0.25, -0.2) is 0 Å². The summed E-state index contributed by atoms with van der Waals surface area (Å²) in [6, 6.07) is 1.93. The van der Waals surface area contributed by atoms with Crippen molar-refractivity contribution >= 4 is 23.1 Å². The lowest BCUT2D eigenvalue weighted by molar-refractivity contribution is 0.102. The van der Waals surface area contributed by atoms with Crippen LogP contribution < -0.4 is 5.32 Å². The highest BCUT2D eigenvalue weighted by atomic mass is 32.1. The number of amides is 1. The molecule has 0 spiro atoms. The first-order chi connectivity index (χ1) is 7.18. The summed E-state index contributed by atoms with van der Waals surface area (Å²) in [5, 5.41) is 11.3. The largest absolute Gasteiger partial charge is 0.306 e. The van der Waals surface area contributed by atoms with Crippen LogP contribution in [0, 0.1) is 13.8 Å². The maximum Gasteiger partial charge on any atom is 0.267 e. The molecule has 2 heterocycles. The number of rotatable bonds is 2. The molecule has 2 N–H and O–H groups in total. The van der Waals surface area contributed by atoms with Crippen LogP contribution in [0.2, 0.25) is 0 Å². The van der Waals surface area contributed by atoms with Crippen LogP contribution in [0.25, 0.3) is 0 Å². The lowest BCUT2D eigenvalue weighted by Crippen LogP contribution is -2.12. The second-order valence-corrected chi connectivity index (χ2v) is 4.23. The lowest BCUT2D eigenvalue weighted by Gasteiger charge is -2.02. The number of nitrogens with zero attached hydrogens (tertiary/aromatic N) is 1. The fraction of sp³-hybridized carbons (Fsp3) is 0.200. The van der Waals surface area contributed by atoms with E-state index >= 15 is 0 Å². The van der Waals surface area contributed by atoms with Crippen molar-refractivity contribution in [2.45, 2.75) is 13.8 Å². The van der Waals surface area contributed by atoms with Gasteiger partial charge in [-0.1, -0.05) is 0 Å². The first-order valence-corrected chi connectivity index (χ1v) is 5.42. The van der Waals surface area contributed by atoms with Gasteiger partial charge < -0.3 is 5.32 Å². The van der Waals surface area contributed by atoms with Gasteiger partial charge in [0.05, 0.1) is 11.1 Å². The molecule has 0 atom stereocenters. The minimum Gasteiger partial charge on any atom is -0.306 e. The number of thiophene rings is 1. The third-order valence-electron chi connectivity index (χ3n) is 2.14. The second-order valence-electron chi connectivity index (χ2n) is 3.31. The zero-order valence-electron chi connectivity index (χ0n) is 8.50. The van der Waals surface area contributed by atoms with Gasteiger partial charge in [-0.15, -0.1) is 11.3 Å². The molecule has 5 heteroatoms. The summed E-state index contributed by atoms with van der Waals surface area (Å²) in [6.45, 7) is 3.81. The molecule has 4 nitrogen and oxygen atoms in total. The topological polar surface area (TPSA) is 57.8 Å². The van der Waals surface area contributed by atoms with Crippen molar-refractivity contribution in [3.8, 4) is 0 Å². The molecule has 0 aliphatic carbocycles. The van der Waals surface area contributed by atoms with Gasteiger partial charge in [0.15, 0.2) is 0 Å². The van der Waals surface area contributed by atoms with E-state index in [0.717, 1.165) is 16.0 Å². The van der Waals surface area contributed by atoms with Crippen molar-refractivity contribution in [3.63, 3.8) is 0 Å². The van der Waals surface area contributed by atoms with E-state index in [1.807, 2.05) is 25.3 Å². The third-order valence-corrected chi connectivity index (χ3v) is 3.15. The normalized spacial score (nSPS) is 10.3. The van der Waals surface area contributed by atoms with Crippen LogP contribution in [0.5, 0.6) is 0 Å². The van der Waals surface area contributed by atoms with Crippen LogP contribution >= 0.6 is 11.3 Å². The Morgan fingerprint density at radius 3 is 2.80 bits per heavy atom. The Labute approximate surface area is 91.3 Å². The highest BCUT2D eigenvalue weighted by molar-refractivity contribution is 7.12. The average molecular weight is 221 g/mol. The van der Waals surface area contributed by atoms with E-state index in [4.69, 9.17) is 0 Å². The van der Waals surface area contributed by atoms with E-state index in [-0.39, 0.29) is 5.91 Å². The van der Waals surface area contributed by atoms with E-state index in [1.54, 1.807) is 6.20 Å². The molecule has 0 aliphatic rings. The summed E-state index contributed by atoms with van der Waals surface area (Å²) < 4.78 is 0. The zero-order chi connectivity index (χ0) is 10.8. The SMILES string of the molecule is Cc1cn[nH]c1NC(=O)c1sccc1C. The maximum atomic E-state index is 11.8. The van der Waals surface area contributed by atoms with Crippen molar-refractivity contribution in [1.29, 1.82) is 0 Å². The second kappa shape index (κ2) is 3.86. The lowest BCUT2D eigenvalue weighted by atomic mass is 10.3. The molecule has 2 aromatic heterocycles. The number of hydrogen-bond donors (Lipinski definition) is 2. The fourth-order valence-corrected chi connectivity index (χ4v) is 2.07. The number of aryl methyl sites for hydroxylation is 2. The predicted octanol–water partition coefficient (Wildman–Crippen LogP) is 2.34. The number of aromatic nitrogens is 2. The number of H-pyrrole nitrogens is 1. The summed E-state index contributed by atoms with van der Waals surface area (Å²) in [7, 11) is 0. The minimum absolute atomic E-state index is 0.0881. The predicted molar refractivity (Wildman–Crippen MR) is 60.3 cm³/mol. The van der Waals surface area contributed by atoms with Gasteiger partial charge in [0.2, 0.25) is 0 Å². The van der Waals surface area contributed by atoms with Crippen molar-refractivity contribution in [2.75, 3.05) is 5.32 Å². The summed E-state index contributed by atoms with van der Waals surface area (Å²) in [6.07, 6.45) is 1.68. The molecule has 1 amide bonds. The molecule has 0 aliphatic heterocycles. The Kier molecular flexibility index (Phi) is 2.55. The van der Waals surface area contributed by atoms with E-state index in [0.29, 0.717) is 5.82 Å². The number of nitrogens with one attached hydrogen (secondary N) is 2. The first kappa shape index (κ1) is 9.92. The van der Waals surface area contributed by atoms with E-state index in [1.165, 1.54) is 11.3 Å². The molecule has 0 radical (unpaired) electrons. The molecule has 0 fully saturated rings. The number of carbonyl (C=O) groups is 1. The van der Waals surface area contributed by atoms with Gasteiger partial charge in [-0.05, 0) is 30.9 Å². The monoisotopic (exact) mass is 221 g/mol. The number of aromatic amines is 1. The van der Waals surface area contributed by atoms with Gasteiger partial charge in [-0.2, -0.15) is 5.10 Å². The molecule has 0 saturated carbocycles. The van der Waals surface area contributed by atoms with Crippen molar-refractivity contribution < 1.29 is 4.79 Å². The molecule has 0 bridgehead atoms. The van der Waals surface area contributed by atoms with Crippen LogP contribution in [0.1, 0.15) is 20.8 Å². The van der Waals surface area contributed by atoms with E-state index in [2.05, 4.69) is 15.5 Å². The standard InChI is InChI=1S/C10H11N3OS/c1-6-3-4-15-8(6)10(14)12-9-7(2)5-11-13-9/h3-5H,1-2H3,(H2,11,12,13,14). The highest BCUT2D eigenvalue weighted by Crippen LogP contribution is 2.18. The Balaban J connectivity index is 2.18. The number of hydrogen-bond acceptors (Lipinski definition) is 3. The highest BCUT2D eigenvalue weighted by Gasteiger charge is 2.12. The Hall–Kier alpha value is -1.62. The summed E-state index contributed by atoms with van der Waals surface area (Å²) in [4.78, 5) is 12.5. The van der Waals surface area contributed by atoms with Crippen LogP contribution in [0.3, 0.4) is 0 Å².